The van der Waals surface area contributed by atoms with Crippen molar-refractivity contribution in [1.29, 1.82) is 0 Å². The van der Waals surface area contributed by atoms with Crippen molar-refractivity contribution in [3.8, 4) is 22.4 Å². The molecule has 3 aromatic carbocycles. The average Bonchev–Trinajstić information content (AvgIpc) is 3.23. The Morgan fingerprint density at radius 2 is 1.88 bits per heavy atom. The number of aromatic nitrogens is 1. The van der Waals surface area contributed by atoms with E-state index in [4.69, 9.17) is 13.7 Å². The van der Waals surface area contributed by atoms with Crippen LogP contribution in [0.25, 0.3) is 49.2 Å². The maximum absolute atomic E-state index is 15.4. The van der Waals surface area contributed by atoms with E-state index in [1.165, 1.54) is 6.07 Å². The number of aryl methyl sites for hydroxylation is 2. The van der Waals surface area contributed by atoms with E-state index in [1.807, 2.05) is 43.3 Å². The molecule has 5 rings (SSSR count). The van der Waals surface area contributed by atoms with Crippen molar-refractivity contribution in [2.75, 3.05) is 0 Å². The molecule has 0 aliphatic rings. The topological polar surface area (TPSA) is 21.4 Å². The van der Waals surface area contributed by atoms with Crippen LogP contribution in [0.5, 0.6) is 0 Å². The second-order valence-electron chi connectivity index (χ2n) is 8.91. The third-order valence-corrected chi connectivity index (χ3v) is 6.06. The van der Waals surface area contributed by atoms with Gasteiger partial charge in [-0.05, 0) is 48.0 Å². The van der Waals surface area contributed by atoms with Gasteiger partial charge < -0.3 is 4.42 Å². The van der Waals surface area contributed by atoms with E-state index >= 15 is 4.39 Å². The maximum Gasteiger partial charge on any atom is 0.219 e. The van der Waals surface area contributed by atoms with Crippen LogP contribution in [-0.4, -0.2) is 0 Å². The average molecular weight is 452 g/mol. The molecule has 0 fully saturated rings. The van der Waals surface area contributed by atoms with E-state index < -0.39 is 12.2 Å². The fourth-order valence-electron chi connectivity index (χ4n) is 4.59. The van der Waals surface area contributed by atoms with Crippen molar-refractivity contribution in [2.45, 2.75) is 27.1 Å². The summed E-state index contributed by atoms with van der Waals surface area (Å²) in [6.07, 6.45) is -0.266. The van der Waals surface area contributed by atoms with Gasteiger partial charge in [0, 0.05) is 19.6 Å². The summed E-state index contributed by atoms with van der Waals surface area (Å²) in [4.78, 5) is 3.54. The van der Waals surface area contributed by atoms with Gasteiger partial charge in [0.1, 0.15) is 24.0 Å². The van der Waals surface area contributed by atoms with Crippen molar-refractivity contribution in [2.24, 2.45) is 13.0 Å². The summed E-state index contributed by atoms with van der Waals surface area (Å²) < 4.78 is 40.4. The number of rotatable bonds is 4. The van der Waals surface area contributed by atoms with Crippen LogP contribution in [0.15, 0.2) is 71.3 Å². The molecule has 3 nitrogen and oxygen atoms in total. The lowest BCUT2D eigenvalue weighted by atomic mass is 9.92. The Morgan fingerprint density at radius 1 is 1.12 bits per heavy atom. The summed E-state index contributed by atoms with van der Waals surface area (Å²) >= 11 is 0. The van der Waals surface area contributed by atoms with Gasteiger partial charge in [-0.15, -0.1) is 0 Å². The number of furan rings is 1. The lowest BCUT2D eigenvalue weighted by Gasteiger charge is -2.12. The molecular weight excluding hydrogens is 423 g/mol. The van der Waals surface area contributed by atoms with Crippen molar-refractivity contribution in [1.82, 2.24) is 0 Å². The standard InChI is InChI=1S/C30H26FN2O/c1-18(2)13-21-17-33(5)26(16-25(21)31)28-19(3)14-24(20-9-7-6-8-10-20)29-23-12-11-22(32-4)15-27(23)34-30(28)29/h6-12,14-18H,13H2,1-3,5H3/q+1/i13D2. The minimum absolute atomic E-state index is 0.0323. The minimum Gasteiger partial charge on any atom is -0.456 e. The van der Waals surface area contributed by atoms with Gasteiger partial charge in [0.2, 0.25) is 5.69 Å². The van der Waals surface area contributed by atoms with Gasteiger partial charge in [-0.25, -0.2) is 13.8 Å². The minimum atomic E-state index is -1.81. The van der Waals surface area contributed by atoms with E-state index in [9.17, 15) is 0 Å². The SMILES string of the molecule is [2H]C([2H])(c1c[n+](C)c(-c2c(C)cc(-c3ccccc3)c3c2oc2cc([N+]#[C-])ccc23)cc1F)C(C)C. The molecule has 5 aromatic rings. The number of fused-ring (bicyclic) bond motifs is 3. The Hall–Kier alpha value is -3.97. The monoisotopic (exact) mass is 451 g/mol. The quantitative estimate of drug-likeness (QED) is 0.201. The number of nitrogens with zero attached hydrogens (tertiary/aromatic N) is 2. The highest BCUT2D eigenvalue weighted by atomic mass is 19.1. The Kier molecular flexibility index (Phi) is 4.83. The second kappa shape index (κ2) is 8.43. The van der Waals surface area contributed by atoms with Crippen LogP contribution in [0.3, 0.4) is 0 Å². The fourth-order valence-corrected chi connectivity index (χ4v) is 4.59. The van der Waals surface area contributed by atoms with E-state index in [0.717, 1.165) is 33.0 Å². The van der Waals surface area contributed by atoms with Gasteiger partial charge in [-0.1, -0.05) is 56.3 Å². The van der Waals surface area contributed by atoms with Crippen LogP contribution in [0.4, 0.5) is 10.1 Å². The van der Waals surface area contributed by atoms with Crippen molar-refractivity contribution in [3.63, 3.8) is 0 Å². The van der Waals surface area contributed by atoms with Crippen LogP contribution in [0, 0.1) is 25.2 Å². The first-order valence-electron chi connectivity index (χ1n) is 12.3. The number of pyridine rings is 1. The molecule has 4 heteroatoms. The maximum atomic E-state index is 15.4. The molecule has 0 atom stereocenters. The predicted octanol–water partition coefficient (Wildman–Crippen LogP) is 7.94. The molecule has 2 aromatic heterocycles. The largest absolute Gasteiger partial charge is 0.456 e. The molecule has 0 N–H and O–H groups in total. The third kappa shape index (κ3) is 3.64. The molecule has 0 aliphatic carbocycles. The number of hydrogen-bond acceptors (Lipinski definition) is 1. The zero-order valence-electron chi connectivity index (χ0n) is 21.6. The molecule has 0 aliphatic heterocycles. The third-order valence-electron chi connectivity index (χ3n) is 6.06. The molecular formula is C30H26FN2O+. The Balaban J connectivity index is 1.87. The lowest BCUT2D eigenvalue weighted by Crippen LogP contribution is -2.32. The second-order valence-corrected chi connectivity index (χ2v) is 8.91. The highest BCUT2D eigenvalue weighted by Gasteiger charge is 2.25. The molecule has 0 saturated heterocycles. The summed E-state index contributed by atoms with van der Waals surface area (Å²) in [6, 6.07) is 18.9. The Morgan fingerprint density at radius 3 is 2.59 bits per heavy atom. The zero-order chi connectivity index (χ0) is 25.8. The van der Waals surface area contributed by atoms with Gasteiger partial charge in [0.25, 0.3) is 0 Å². The first-order valence-corrected chi connectivity index (χ1v) is 11.3. The summed E-state index contributed by atoms with van der Waals surface area (Å²) in [5.74, 6) is -0.976. The van der Waals surface area contributed by atoms with Crippen molar-refractivity contribution in [3.05, 3.63) is 95.2 Å². The van der Waals surface area contributed by atoms with Gasteiger partial charge >= 0.3 is 0 Å². The normalized spacial score (nSPS) is 12.7. The molecule has 0 bridgehead atoms. The van der Waals surface area contributed by atoms with Gasteiger partial charge in [0.05, 0.1) is 17.7 Å². The first-order chi connectivity index (χ1) is 17.1. The summed E-state index contributed by atoms with van der Waals surface area (Å²) in [7, 11) is 1.80. The van der Waals surface area contributed by atoms with Gasteiger partial charge in [-0.2, -0.15) is 0 Å². The van der Waals surface area contributed by atoms with Crippen LogP contribution in [0.1, 0.15) is 27.7 Å². The molecule has 0 saturated carbocycles. The highest BCUT2D eigenvalue weighted by Crippen LogP contribution is 2.43. The molecule has 0 radical (unpaired) electrons. The zero-order valence-corrected chi connectivity index (χ0v) is 19.6. The number of hydrogen-bond donors (Lipinski definition) is 0. The molecule has 168 valence electrons. The molecule has 0 unspecified atom stereocenters. The van der Waals surface area contributed by atoms with Crippen LogP contribution >= 0.6 is 0 Å². The van der Waals surface area contributed by atoms with Gasteiger partial charge in [0.15, 0.2) is 11.9 Å². The van der Waals surface area contributed by atoms with Crippen molar-refractivity contribution >= 4 is 27.6 Å². The number of benzene rings is 3. The van der Waals surface area contributed by atoms with E-state index in [0.29, 0.717) is 22.5 Å². The van der Waals surface area contributed by atoms with Crippen LogP contribution in [-0.2, 0) is 13.4 Å². The lowest BCUT2D eigenvalue weighted by molar-refractivity contribution is -0.661. The molecule has 0 spiro atoms. The Bertz CT molecular complexity index is 1680. The van der Waals surface area contributed by atoms with E-state index in [2.05, 4.69) is 10.9 Å². The smallest absolute Gasteiger partial charge is 0.219 e. The summed E-state index contributed by atoms with van der Waals surface area (Å²) in [5.41, 5.74) is 5.98. The first kappa shape index (κ1) is 19.5. The molecule has 0 amide bonds. The van der Waals surface area contributed by atoms with E-state index in [1.54, 1.807) is 43.8 Å². The van der Waals surface area contributed by atoms with Crippen LogP contribution in [0.2, 0.25) is 0 Å². The van der Waals surface area contributed by atoms with Crippen molar-refractivity contribution < 1.29 is 16.1 Å². The fraction of sp³-hybridized carbons (Fsp3) is 0.200. The molecule has 2 heterocycles. The summed E-state index contributed by atoms with van der Waals surface area (Å²) in [6.45, 7) is 12.9. The van der Waals surface area contributed by atoms with Crippen LogP contribution < -0.4 is 4.57 Å². The van der Waals surface area contributed by atoms with E-state index in [-0.39, 0.29) is 11.5 Å². The summed E-state index contributed by atoms with van der Waals surface area (Å²) in [5, 5.41) is 1.78. The highest BCUT2D eigenvalue weighted by molar-refractivity contribution is 6.17. The Labute approximate surface area is 201 Å². The molecule has 34 heavy (non-hydrogen) atoms. The number of halogens is 1. The van der Waals surface area contributed by atoms with Gasteiger partial charge in [-0.3, -0.25) is 0 Å². The predicted molar refractivity (Wildman–Crippen MR) is 135 cm³/mol.